The van der Waals surface area contributed by atoms with Gasteiger partial charge in [-0.2, -0.15) is 0 Å². The molecule has 2 heteroatoms. The average molecular weight is 152 g/mol. The molecule has 0 unspecified atom stereocenters. The highest BCUT2D eigenvalue weighted by Gasteiger charge is 2.18. The van der Waals surface area contributed by atoms with E-state index in [-0.39, 0.29) is 6.10 Å². The lowest BCUT2D eigenvalue weighted by Gasteiger charge is -2.01. The summed E-state index contributed by atoms with van der Waals surface area (Å²) in [7, 11) is 0. The molecule has 1 aliphatic carbocycles. The second-order valence-corrected chi connectivity index (χ2v) is 3.00. The van der Waals surface area contributed by atoms with E-state index in [4.69, 9.17) is 4.74 Å². The van der Waals surface area contributed by atoms with Crippen LogP contribution in [0.4, 0.5) is 0 Å². The Kier molecular flexibility index (Phi) is 2.53. The van der Waals surface area contributed by atoms with Gasteiger partial charge in [0.1, 0.15) is 0 Å². The summed E-state index contributed by atoms with van der Waals surface area (Å²) < 4.78 is 4.82. The number of rotatable bonds is 1. The van der Waals surface area contributed by atoms with Crippen LogP contribution in [0.2, 0.25) is 0 Å². The molecule has 1 aliphatic rings. The van der Waals surface area contributed by atoms with Gasteiger partial charge in [-0.3, -0.25) is 0 Å². The molecule has 0 N–H and O–H groups in total. The molecule has 0 aromatic rings. The highest BCUT2D eigenvalue weighted by Crippen LogP contribution is 2.27. The van der Waals surface area contributed by atoms with Crippen molar-refractivity contribution in [3.63, 3.8) is 0 Å². The third kappa shape index (κ3) is 3.67. The van der Waals surface area contributed by atoms with Gasteiger partial charge in [0.2, 0.25) is 0 Å². The van der Waals surface area contributed by atoms with Gasteiger partial charge in [-0.1, -0.05) is 5.92 Å². The van der Waals surface area contributed by atoms with Crippen LogP contribution in [0, 0.1) is 17.8 Å². The fourth-order valence-electron chi connectivity index (χ4n) is 0.632. The van der Waals surface area contributed by atoms with Crippen LogP contribution in [0.25, 0.3) is 0 Å². The van der Waals surface area contributed by atoms with Gasteiger partial charge in [0.25, 0.3) is 0 Å². The van der Waals surface area contributed by atoms with E-state index < -0.39 is 5.97 Å². The monoisotopic (exact) mass is 152 g/mol. The Morgan fingerprint density at radius 3 is 2.64 bits per heavy atom. The molecule has 60 valence electrons. The van der Waals surface area contributed by atoms with Crippen molar-refractivity contribution < 1.29 is 9.53 Å². The molecule has 0 spiro atoms. The topological polar surface area (TPSA) is 26.3 Å². The lowest BCUT2D eigenvalue weighted by molar-refractivity contribution is -0.140. The molecular formula is C9H12O2. The molecular weight excluding hydrogens is 140 g/mol. The van der Waals surface area contributed by atoms with E-state index in [0.29, 0.717) is 5.92 Å². The van der Waals surface area contributed by atoms with Gasteiger partial charge in [-0.15, -0.1) is 0 Å². The fraction of sp³-hybridized carbons (Fsp3) is 0.667. The normalized spacial score (nSPS) is 15.5. The van der Waals surface area contributed by atoms with Crippen molar-refractivity contribution in [2.45, 2.75) is 32.8 Å². The van der Waals surface area contributed by atoms with E-state index in [2.05, 4.69) is 11.8 Å². The largest absolute Gasteiger partial charge is 0.453 e. The van der Waals surface area contributed by atoms with Gasteiger partial charge < -0.3 is 4.74 Å². The van der Waals surface area contributed by atoms with Crippen LogP contribution in [0.15, 0.2) is 0 Å². The maximum atomic E-state index is 10.8. The Morgan fingerprint density at radius 2 is 2.18 bits per heavy atom. The molecule has 1 saturated carbocycles. The summed E-state index contributed by atoms with van der Waals surface area (Å²) in [5.74, 6) is 5.37. The minimum absolute atomic E-state index is 0.0593. The van der Waals surface area contributed by atoms with Crippen LogP contribution in [-0.2, 0) is 9.53 Å². The first kappa shape index (κ1) is 8.13. The summed E-state index contributed by atoms with van der Waals surface area (Å²) in [6, 6.07) is 0. The zero-order valence-electron chi connectivity index (χ0n) is 6.89. The first-order chi connectivity index (χ1) is 5.18. The van der Waals surface area contributed by atoms with Crippen LogP contribution in [0.3, 0.4) is 0 Å². The van der Waals surface area contributed by atoms with Crippen LogP contribution in [-0.4, -0.2) is 12.1 Å². The van der Waals surface area contributed by atoms with E-state index in [1.165, 1.54) is 0 Å². The fourth-order valence-corrected chi connectivity index (χ4v) is 0.632. The van der Waals surface area contributed by atoms with E-state index in [0.717, 1.165) is 12.8 Å². The Hall–Kier alpha value is -0.970. The van der Waals surface area contributed by atoms with Gasteiger partial charge in [0, 0.05) is 11.8 Å². The molecule has 0 aromatic carbocycles. The number of hydrogen-bond donors (Lipinski definition) is 0. The van der Waals surface area contributed by atoms with Crippen molar-refractivity contribution in [1.82, 2.24) is 0 Å². The van der Waals surface area contributed by atoms with Gasteiger partial charge in [-0.25, -0.2) is 4.79 Å². The molecule has 1 rings (SSSR count). The van der Waals surface area contributed by atoms with E-state index >= 15 is 0 Å². The molecule has 0 radical (unpaired) electrons. The number of esters is 1. The lowest BCUT2D eigenvalue weighted by Crippen LogP contribution is -2.08. The maximum Gasteiger partial charge on any atom is 0.384 e. The highest BCUT2D eigenvalue weighted by molar-refractivity contribution is 5.88. The quantitative estimate of drug-likeness (QED) is 0.322. The van der Waals surface area contributed by atoms with Gasteiger partial charge in [0.15, 0.2) is 0 Å². The van der Waals surface area contributed by atoms with E-state index in [1.54, 1.807) is 0 Å². The van der Waals surface area contributed by atoms with Crippen LogP contribution >= 0.6 is 0 Å². The van der Waals surface area contributed by atoms with Crippen molar-refractivity contribution >= 4 is 5.97 Å². The van der Waals surface area contributed by atoms with Crippen LogP contribution in [0.5, 0.6) is 0 Å². The number of ether oxygens (including phenoxy) is 1. The third-order valence-electron chi connectivity index (χ3n) is 1.30. The summed E-state index contributed by atoms with van der Waals surface area (Å²) in [5, 5.41) is 0. The van der Waals surface area contributed by atoms with Crippen LogP contribution in [0.1, 0.15) is 26.7 Å². The Morgan fingerprint density at radius 1 is 1.55 bits per heavy atom. The maximum absolute atomic E-state index is 10.8. The molecule has 0 saturated heterocycles. The Labute approximate surface area is 66.9 Å². The Balaban J connectivity index is 2.25. The molecule has 0 bridgehead atoms. The van der Waals surface area contributed by atoms with Crippen molar-refractivity contribution in [2.75, 3.05) is 0 Å². The molecule has 0 aliphatic heterocycles. The van der Waals surface area contributed by atoms with Crippen molar-refractivity contribution in [3.05, 3.63) is 0 Å². The SMILES string of the molecule is CC(C)OC(=O)C#CC1CC1. The average Bonchev–Trinajstić information content (AvgIpc) is 2.63. The summed E-state index contributed by atoms with van der Waals surface area (Å²) in [6.45, 7) is 3.63. The summed E-state index contributed by atoms with van der Waals surface area (Å²) in [5.41, 5.74) is 0. The number of carbonyl (C=O) groups excluding carboxylic acids is 1. The zero-order valence-corrected chi connectivity index (χ0v) is 6.89. The summed E-state index contributed by atoms with van der Waals surface area (Å²) >= 11 is 0. The second kappa shape index (κ2) is 3.43. The highest BCUT2D eigenvalue weighted by atomic mass is 16.5. The smallest absolute Gasteiger partial charge is 0.384 e. The second-order valence-electron chi connectivity index (χ2n) is 3.00. The molecule has 0 heterocycles. The first-order valence-corrected chi connectivity index (χ1v) is 3.90. The Bertz CT molecular complexity index is 203. The molecule has 0 aromatic heterocycles. The number of carbonyl (C=O) groups is 1. The van der Waals surface area contributed by atoms with Crippen molar-refractivity contribution in [2.24, 2.45) is 5.92 Å². The predicted molar refractivity (Wildman–Crippen MR) is 41.7 cm³/mol. The summed E-state index contributed by atoms with van der Waals surface area (Å²) in [4.78, 5) is 10.8. The lowest BCUT2D eigenvalue weighted by atomic mass is 10.4. The third-order valence-corrected chi connectivity index (χ3v) is 1.30. The van der Waals surface area contributed by atoms with Gasteiger partial charge >= 0.3 is 5.97 Å². The van der Waals surface area contributed by atoms with Gasteiger partial charge in [0.05, 0.1) is 6.10 Å². The number of hydrogen-bond acceptors (Lipinski definition) is 2. The van der Waals surface area contributed by atoms with Crippen LogP contribution < -0.4 is 0 Å². The van der Waals surface area contributed by atoms with E-state index in [9.17, 15) is 4.79 Å². The predicted octanol–water partition coefficient (Wildman–Crippen LogP) is 1.35. The van der Waals surface area contributed by atoms with Gasteiger partial charge in [-0.05, 0) is 26.7 Å². The minimum Gasteiger partial charge on any atom is -0.453 e. The van der Waals surface area contributed by atoms with Crippen molar-refractivity contribution in [1.29, 1.82) is 0 Å². The van der Waals surface area contributed by atoms with Crippen molar-refractivity contribution in [3.8, 4) is 11.8 Å². The molecule has 0 atom stereocenters. The molecule has 11 heavy (non-hydrogen) atoms. The molecule has 2 nitrogen and oxygen atoms in total. The first-order valence-electron chi connectivity index (χ1n) is 3.90. The minimum atomic E-state index is -0.396. The molecule has 1 fully saturated rings. The summed E-state index contributed by atoms with van der Waals surface area (Å²) in [6.07, 6.45) is 2.22. The molecule has 0 amide bonds. The van der Waals surface area contributed by atoms with E-state index in [1.807, 2.05) is 13.8 Å². The standard InChI is InChI=1S/C9H12O2/c1-7(2)11-9(10)6-5-8-3-4-8/h7-8H,3-4H2,1-2H3. The zero-order chi connectivity index (χ0) is 8.27.